The summed E-state index contributed by atoms with van der Waals surface area (Å²) in [5, 5.41) is 2.73. The maximum absolute atomic E-state index is 3.66. The van der Waals surface area contributed by atoms with E-state index >= 15 is 0 Å². The Bertz CT molecular complexity index is 603. The molecule has 94 valence electrons. The van der Waals surface area contributed by atoms with Crippen LogP contribution in [0.15, 0.2) is 34.8 Å². The maximum Gasteiger partial charge on any atom is 0.0411 e. The quantitative estimate of drug-likeness (QED) is 0.721. The zero-order valence-corrected chi connectivity index (χ0v) is 12.7. The van der Waals surface area contributed by atoms with Crippen molar-refractivity contribution in [1.82, 2.24) is 0 Å². The first-order chi connectivity index (χ1) is 8.59. The summed E-state index contributed by atoms with van der Waals surface area (Å²) in [5.41, 5.74) is 2.94. The van der Waals surface area contributed by atoms with Crippen LogP contribution in [0.3, 0.4) is 0 Å². The molecule has 1 nitrogen and oxygen atoms in total. The van der Waals surface area contributed by atoms with Gasteiger partial charge in [-0.25, -0.2) is 0 Å². The molecule has 3 rings (SSSR count). The minimum absolute atomic E-state index is 0.568. The van der Waals surface area contributed by atoms with E-state index < -0.39 is 0 Å². The van der Waals surface area contributed by atoms with Gasteiger partial charge in [0.05, 0.1) is 0 Å². The van der Waals surface area contributed by atoms with Crippen LogP contribution in [0.4, 0.5) is 5.69 Å². The predicted octanol–water partition coefficient (Wildman–Crippen LogP) is 4.93. The average Bonchev–Trinajstić information content (AvgIpc) is 2.68. The fraction of sp³-hybridized carbons (Fsp3) is 0.375. The molecule has 1 atom stereocenters. The summed E-state index contributed by atoms with van der Waals surface area (Å²) in [4.78, 5) is 2.51. The predicted molar refractivity (Wildman–Crippen MR) is 82.5 cm³/mol. The van der Waals surface area contributed by atoms with E-state index in [0.717, 1.165) is 6.54 Å². The molecule has 2 aromatic carbocycles. The molecule has 0 spiro atoms. The first-order valence-corrected chi connectivity index (χ1v) is 7.36. The van der Waals surface area contributed by atoms with Gasteiger partial charge in [0.25, 0.3) is 0 Å². The van der Waals surface area contributed by atoms with Crippen molar-refractivity contribution in [3.05, 3.63) is 40.4 Å². The molecule has 18 heavy (non-hydrogen) atoms. The second kappa shape index (κ2) is 4.27. The molecule has 1 aliphatic heterocycles. The Labute approximate surface area is 117 Å². The van der Waals surface area contributed by atoms with Crippen LogP contribution in [0.1, 0.15) is 32.3 Å². The summed E-state index contributed by atoms with van der Waals surface area (Å²) in [7, 11) is 0. The second-order valence-electron chi connectivity index (χ2n) is 5.48. The lowest BCUT2D eigenvalue weighted by Crippen LogP contribution is -2.28. The Morgan fingerprint density at radius 3 is 2.67 bits per heavy atom. The van der Waals surface area contributed by atoms with Crippen LogP contribution in [0, 0.1) is 0 Å². The SMILES string of the molecule is CC1CN(C(C)C)c2ccc3c(Br)cccc3c21. The Morgan fingerprint density at radius 1 is 1.17 bits per heavy atom. The smallest absolute Gasteiger partial charge is 0.0411 e. The second-order valence-corrected chi connectivity index (χ2v) is 6.33. The van der Waals surface area contributed by atoms with Crippen molar-refractivity contribution in [3.8, 4) is 0 Å². The molecule has 0 bridgehead atoms. The first kappa shape index (κ1) is 12.0. The monoisotopic (exact) mass is 303 g/mol. The van der Waals surface area contributed by atoms with Gasteiger partial charge in [0, 0.05) is 28.7 Å². The lowest BCUT2D eigenvalue weighted by Gasteiger charge is -2.24. The molecule has 1 aliphatic rings. The zero-order chi connectivity index (χ0) is 12.9. The minimum Gasteiger partial charge on any atom is -0.368 e. The van der Waals surface area contributed by atoms with E-state index in [9.17, 15) is 0 Å². The molecule has 0 saturated carbocycles. The lowest BCUT2D eigenvalue weighted by molar-refractivity contribution is 0.670. The minimum atomic E-state index is 0.568. The van der Waals surface area contributed by atoms with Gasteiger partial charge in [-0.1, -0.05) is 41.1 Å². The van der Waals surface area contributed by atoms with Gasteiger partial charge in [0.15, 0.2) is 0 Å². The van der Waals surface area contributed by atoms with Crippen molar-refractivity contribution >= 4 is 32.4 Å². The van der Waals surface area contributed by atoms with Gasteiger partial charge in [-0.3, -0.25) is 0 Å². The van der Waals surface area contributed by atoms with Gasteiger partial charge in [0.2, 0.25) is 0 Å². The van der Waals surface area contributed by atoms with Crippen molar-refractivity contribution in [2.45, 2.75) is 32.7 Å². The molecule has 0 amide bonds. The summed E-state index contributed by atoms with van der Waals surface area (Å²) < 4.78 is 1.19. The molecule has 1 unspecified atom stereocenters. The van der Waals surface area contributed by atoms with Crippen LogP contribution < -0.4 is 4.90 Å². The van der Waals surface area contributed by atoms with E-state index in [1.807, 2.05) is 0 Å². The fourth-order valence-corrected chi connectivity index (χ4v) is 3.57. The van der Waals surface area contributed by atoms with Crippen LogP contribution in [-0.4, -0.2) is 12.6 Å². The third-order valence-corrected chi connectivity index (χ3v) is 4.61. The molecule has 0 fully saturated rings. The molecular weight excluding hydrogens is 286 g/mol. The molecule has 0 saturated heterocycles. The van der Waals surface area contributed by atoms with Crippen LogP contribution >= 0.6 is 15.9 Å². The number of halogens is 1. The summed E-state index contributed by atoms with van der Waals surface area (Å²) in [6.45, 7) is 8.01. The standard InChI is InChI=1S/C16H18BrN/c1-10(2)18-9-11(3)16-13-5-4-6-14(17)12(13)7-8-15(16)18/h4-8,10-11H,9H2,1-3H3. The van der Waals surface area contributed by atoms with Gasteiger partial charge >= 0.3 is 0 Å². The number of hydrogen-bond donors (Lipinski definition) is 0. The van der Waals surface area contributed by atoms with Crippen molar-refractivity contribution < 1.29 is 0 Å². The van der Waals surface area contributed by atoms with E-state index in [4.69, 9.17) is 0 Å². The maximum atomic E-state index is 3.66. The molecule has 2 aromatic rings. The average molecular weight is 304 g/mol. The number of hydrogen-bond acceptors (Lipinski definition) is 1. The number of fused-ring (bicyclic) bond motifs is 3. The highest BCUT2D eigenvalue weighted by Crippen LogP contribution is 2.43. The molecule has 1 heterocycles. The van der Waals surface area contributed by atoms with Crippen LogP contribution in [0.25, 0.3) is 10.8 Å². The largest absolute Gasteiger partial charge is 0.368 e. The Balaban J connectivity index is 2.30. The van der Waals surface area contributed by atoms with Gasteiger partial charge in [-0.15, -0.1) is 0 Å². The van der Waals surface area contributed by atoms with Crippen molar-refractivity contribution in [2.24, 2.45) is 0 Å². The Hall–Kier alpha value is -1.02. The molecular formula is C16H18BrN. The van der Waals surface area contributed by atoms with E-state index in [0.29, 0.717) is 12.0 Å². The highest BCUT2D eigenvalue weighted by atomic mass is 79.9. The van der Waals surface area contributed by atoms with Crippen molar-refractivity contribution in [2.75, 3.05) is 11.4 Å². The highest BCUT2D eigenvalue weighted by Gasteiger charge is 2.28. The molecule has 0 radical (unpaired) electrons. The summed E-state index contributed by atoms with van der Waals surface area (Å²) in [5.74, 6) is 0.611. The number of anilines is 1. The molecule has 2 heteroatoms. The normalized spacial score (nSPS) is 18.7. The van der Waals surface area contributed by atoms with E-state index in [-0.39, 0.29) is 0 Å². The molecule has 0 N–H and O–H groups in total. The third kappa shape index (κ3) is 1.66. The number of benzene rings is 2. The van der Waals surface area contributed by atoms with Gasteiger partial charge < -0.3 is 4.90 Å². The van der Waals surface area contributed by atoms with Crippen LogP contribution in [-0.2, 0) is 0 Å². The molecule has 0 aliphatic carbocycles. The highest BCUT2D eigenvalue weighted by molar-refractivity contribution is 9.10. The third-order valence-electron chi connectivity index (χ3n) is 3.92. The van der Waals surface area contributed by atoms with Crippen molar-refractivity contribution in [3.63, 3.8) is 0 Å². The number of rotatable bonds is 1. The molecule has 0 aromatic heterocycles. The van der Waals surface area contributed by atoms with E-state index in [1.54, 1.807) is 0 Å². The van der Waals surface area contributed by atoms with Gasteiger partial charge in [-0.05, 0) is 42.3 Å². The first-order valence-electron chi connectivity index (χ1n) is 6.57. The topological polar surface area (TPSA) is 3.24 Å². The fourth-order valence-electron chi connectivity index (χ4n) is 3.07. The van der Waals surface area contributed by atoms with Crippen LogP contribution in [0.5, 0.6) is 0 Å². The number of nitrogens with zero attached hydrogens (tertiary/aromatic N) is 1. The van der Waals surface area contributed by atoms with Crippen LogP contribution in [0.2, 0.25) is 0 Å². The lowest BCUT2D eigenvalue weighted by atomic mass is 9.96. The summed E-state index contributed by atoms with van der Waals surface area (Å²) >= 11 is 3.66. The van der Waals surface area contributed by atoms with Crippen molar-refractivity contribution in [1.29, 1.82) is 0 Å². The Morgan fingerprint density at radius 2 is 1.94 bits per heavy atom. The van der Waals surface area contributed by atoms with Gasteiger partial charge in [-0.2, -0.15) is 0 Å². The summed E-state index contributed by atoms with van der Waals surface area (Å²) in [6.07, 6.45) is 0. The van der Waals surface area contributed by atoms with Gasteiger partial charge in [0.1, 0.15) is 0 Å². The summed E-state index contributed by atoms with van der Waals surface area (Å²) in [6, 6.07) is 11.6. The zero-order valence-electron chi connectivity index (χ0n) is 11.1. The van der Waals surface area contributed by atoms with E-state index in [2.05, 4.69) is 71.9 Å². The Kier molecular flexibility index (Phi) is 2.86. The van der Waals surface area contributed by atoms with E-state index in [1.165, 1.54) is 26.5 Å².